The Kier molecular flexibility index (Phi) is 5.29. The minimum absolute atomic E-state index is 0.0433. The third kappa shape index (κ3) is 3.97. The average molecular weight is 313 g/mol. The Morgan fingerprint density at radius 1 is 1.48 bits per heavy atom. The number of hydrogen-bond donors (Lipinski definition) is 1. The van der Waals surface area contributed by atoms with Crippen LogP contribution in [-0.4, -0.2) is 29.6 Å². The molecule has 1 saturated heterocycles. The summed E-state index contributed by atoms with van der Waals surface area (Å²) in [4.78, 5) is 2.38. The van der Waals surface area contributed by atoms with Crippen LogP contribution in [0.3, 0.4) is 0 Å². The Morgan fingerprint density at radius 3 is 2.81 bits per heavy atom. The molecule has 1 aromatic carbocycles. The third-order valence-electron chi connectivity index (χ3n) is 4.58. The number of piperazine rings is 1. The highest BCUT2D eigenvalue weighted by Gasteiger charge is 2.35. The maximum Gasteiger partial charge on any atom is 0.129 e. The highest BCUT2D eigenvalue weighted by atomic mass is 35.5. The van der Waals surface area contributed by atoms with E-state index in [-0.39, 0.29) is 11.4 Å². The molecule has 21 heavy (non-hydrogen) atoms. The fraction of sp³-hybridized carbons (Fsp3) is 0.647. The van der Waals surface area contributed by atoms with Crippen LogP contribution >= 0.6 is 11.6 Å². The number of benzene rings is 1. The molecule has 2 unspecified atom stereocenters. The summed E-state index contributed by atoms with van der Waals surface area (Å²) in [5.41, 5.74) is 0.659. The molecule has 2 rings (SSSR count). The molecule has 2 nitrogen and oxygen atoms in total. The summed E-state index contributed by atoms with van der Waals surface area (Å²) < 4.78 is 14.1. The predicted octanol–water partition coefficient (Wildman–Crippen LogP) is 4.08. The minimum atomic E-state index is -0.207. The Bertz CT molecular complexity index is 469. The number of nitrogens with one attached hydrogen (secondary N) is 1. The van der Waals surface area contributed by atoms with Gasteiger partial charge in [0.25, 0.3) is 0 Å². The van der Waals surface area contributed by atoms with Gasteiger partial charge in [-0.2, -0.15) is 0 Å². The topological polar surface area (TPSA) is 15.3 Å². The molecule has 1 fully saturated rings. The Hall–Kier alpha value is -0.640. The summed E-state index contributed by atoms with van der Waals surface area (Å²) in [6.07, 6.45) is 1.12. The molecule has 0 amide bonds. The fourth-order valence-electron chi connectivity index (χ4n) is 3.08. The molecule has 0 spiro atoms. The van der Waals surface area contributed by atoms with Gasteiger partial charge in [0, 0.05) is 41.8 Å². The standard InChI is InChI=1S/C17H26ClFN2/c1-5-12(2)16-9-20-17(3,4)11-21(16)10-13-14(18)7-6-8-15(13)19/h6-8,12,16,20H,5,9-11H2,1-4H3. The van der Waals surface area contributed by atoms with Crippen molar-refractivity contribution in [3.8, 4) is 0 Å². The lowest BCUT2D eigenvalue weighted by Gasteiger charge is -2.47. The third-order valence-corrected chi connectivity index (χ3v) is 4.93. The first kappa shape index (κ1) is 16.7. The SMILES string of the molecule is CCC(C)C1CNC(C)(C)CN1Cc1c(F)cccc1Cl. The smallest absolute Gasteiger partial charge is 0.129 e. The second kappa shape index (κ2) is 6.64. The Labute approximate surface area is 132 Å². The summed E-state index contributed by atoms with van der Waals surface area (Å²) >= 11 is 6.20. The van der Waals surface area contributed by atoms with Crippen LogP contribution in [0.4, 0.5) is 4.39 Å². The molecule has 2 atom stereocenters. The first-order chi connectivity index (χ1) is 9.84. The van der Waals surface area contributed by atoms with Crippen LogP contribution in [0.2, 0.25) is 5.02 Å². The quantitative estimate of drug-likeness (QED) is 0.901. The molecule has 1 aromatic rings. The van der Waals surface area contributed by atoms with Gasteiger partial charge in [0.05, 0.1) is 0 Å². The van der Waals surface area contributed by atoms with Crippen LogP contribution in [0.25, 0.3) is 0 Å². The molecule has 1 heterocycles. The molecule has 1 aliphatic heterocycles. The normalized spacial score (nSPS) is 24.0. The lowest BCUT2D eigenvalue weighted by molar-refractivity contribution is 0.0563. The van der Waals surface area contributed by atoms with Gasteiger partial charge in [0.1, 0.15) is 5.82 Å². The highest BCUT2D eigenvalue weighted by Crippen LogP contribution is 2.27. The van der Waals surface area contributed by atoms with E-state index in [4.69, 9.17) is 11.6 Å². The molecule has 1 aliphatic rings. The van der Waals surface area contributed by atoms with E-state index < -0.39 is 0 Å². The van der Waals surface area contributed by atoms with Crippen molar-refractivity contribution >= 4 is 11.6 Å². The first-order valence-electron chi connectivity index (χ1n) is 7.76. The predicted molar refractivity (Wildman–Crippen MR) is 87.1 cm³/mol. The lowest BCUT2D eigenvalue weighted by Crippen LogP contribution is -2.62. The van der Waals surface area contributed by atoms with Crippen molar-refractivity contribution in [3.63, 3.8) is 0 Å². The van der Waals surface area contributed by atoms with Crippen LogP contribution in [0.15, 0.2) is 18.2 Å². The molecular weight excluding hydrogens is 287 g/mol. The number of nitrogens with zero attached hydrogens (tertiary/aromatic N) is 1. The molecule has 0 aliphatic carbocycles. The average Bonchev–Trinajstić information content (AvgIpc) is 2.41. The van der Waals surface area contributed by atoms with E-state index in [0.717, 1.165) is 19.5 Å². The first-order valence-corrected chi connectivity index (χ1v) is 8.14. The van der Waals surface area contributed by atoms with Gasteiger partial charge in [-0.15, -0.1) is 0 Å². The number of hydrogen-bond acceptors (Lipinski definition) is 2. The molecule has 1 N–H and O–H groups in total. The fourth-order valence-corrected chi connectivity index (χ4v) is 3.31. The van der Waals surface area contributed by atoms with Crippen LogP contribution in [0, 0.1) is 11.7 Å². The van der Waals surface area contributed by atoms with Crippen molar-refractivity contribution < 1.29 is 4.39 Å². The lowest BCUT2D eigenvalue weighted by atomic mass is 9.90. The summed E-state index contributed by atoms with van der Waals surface area (Å²) in [7, 11) is 0. The molecule has 118 valence electrons. The summed E-state index contributed by atoms with van der Waals surface area (Å²) in [5.74, 6) is 0.362. The van der Waals surface area contributed by atoms with Crippen molar-refractivity contribution in [1.29, 1.82) is 0 Å². The molecule has 0 bridgehead atoms. The van der Waals surface area contributed by atoms with Gasteiger partial charge in [0.2, 0.25) is 0 Å². The molecule has 0 aromatic heterocycles. The van der Waals surface area contributed by atoms with E-state index in [1.54, 1.807) is 12.1 Å². The van der Waals surface area contributed by atoms with Gasteiger partial charge >= 0.3 is 0 Å². The van der Waals surface area contributed by atoms with Gasteiger partial charge in [-0.25, -0.2) is 4.39 Å². The van der Waals surface area contributed by atoms with Gasteiger partial charge in [-0.3, -0.25) is 4.90 Å². The zero-order valence-corrected chi connectivity index (χ0v) is 14.2. The zero-order chi connectivity index (χ0) is 15.6. The molecular formula is C17H26ClFN2. The zero-order valence-electron chi connectivity index (χ0n) is 13.4. The summed E-state index contributed by atoms with van der Waals surface area (Å²) in [5, 5.41) is 4.12. The van der Waals surface area contributed by atoms with E-state index in [2.05, 4.69) is 37.9 Å². The van der Waals surface area contributed by atoms with E-state index in [9.17, 15) is 4.39 Å². The van der Waals surface area contributed by atoms with Crippen molar-refractivity contribution in [3.05, 3.63) is 34.6 Å². The molecule has 0 saturated carbocycles. The summed E-state index contributed by atoms with van der Waals surface area (Å²) in [6, 6.07) is 5.34. The minimum Gasteiger partial charge on any atom is -0.309 e. The maximum atomic E-state index is 14.1. The highest BCUT2D eigenvalue weighted by molar-refractivity contribution is 6.31. The van der Waals surface area contributed by atoms with Crippen molar-refractivity contribution in [2.45, 2.75) is 52.2 Å². The van der Waals surface area contributed by atoms with Crippen LogP contribution < -0.4 is 5.32 Å². The monoisotopic (exact) mass is 312 g/mol. The van der Waals surface area contributed by atoms with Gasteiger partial charge in [-0.05, 0) is 31.9 Å². The van der Waals surface area contributed by atoms with E-state index in [1.165, 1.54) is 6.07 Å². The van der Waals surface area contributed by atoms with Crippen molar-refractivity contribution in [2.24, 2.45) is 5.92 Å². The Balaban J connectivity index is 2.24. The van der Waals surface area contributed by atoms with E-state index in [1.807, 2.05) is 0 Å². The largest absolute Gasteiger partial charge is 0.309 e. The van der Waals surface area contributed by atoms with Gasteiger partial charge < -0.3 is 5.32 Å². The number of rotatable bonds is 4. The Morgan fingerprint density at radius 2 is 2.19 bits per heavy atom. The van der Waals surface area contributed by atoms with E-state index >= 15 is 0 Å². The second-order valence-electron chi connectivity index (χ2n) is 6.82. The van der Waals surface area contributed by atoms with Crippen LogP contribution in [0.5, 0.6) is 0 Å². The second-order valence-corrected chi connectivity index (χ2v) is 7.23. The van der Waals surface area contributed by atoms with Crippen molar-refractivity contribution in [1.82, 2.24) is 10.2 Å². The van der Waals surface area contributed by atoms with Crippen LogP contribution in [-0.2, 0) is 6.54 Å². The molecule has 4 heteroatoms. The molecule has 0 radical (unpaired) electrons. The van der Waals surface area contributed by atoms with E-state index in [0.29, 0.717) is 29.1 Å². The maximum absolute atomic E-state index is 14.1. The van der Waals surface area contributed by atoms with Crippen molar-refractivity contribution in [2.75, 3.05) is 13.1 Å². The number of halogens is 2. The van der Waals surface area contributed by atoms with Gasteiger partial charge in [-0.1, -0.05) is 37.9 Å². The van der Waals surface area contributed by atoms with Gasteiger partial charge in [0.15, 0.2) is 0 Å². The van der Waals surface area contributed by atoms with Crippen LogP contribution in [0.1, 0.15) is 39.7 Å². The summed E-state index contributed by atoms with van der Waals surface area (Å²) in [6.45, 7) is 11.3.